The SMILES string of the molecule is NC1CCC(S(=O)(=O)NC(=O)C2CCCCC2)CC1. The molecule has 2 saturated carbocycles. The van der Waals surface area contributed by atoms with E-state index in [9.17, 15) is 13.2 Å². The molecule has 0 aliphatic heterocycles. The van der Waals surface area contributed by atoms with Gasteiger partial charge in [0.15, 0.2) is 0 Å². The van der Waals surface area contributed by atoms with Crippen LogP contribution in [0.3, 0.4) is 0 Å². The average Bonchev–Trinajstić information content (AvgIpc) is 2.40. The highest BCUT2D eigenvalue weighted by atomic mass is 32.2. The predicted octanol–water partition coefficient (Wildman–Crippen LogP) is 1.28. The molecule has 0 aromatic rings. The maximum atomic E-state index is 12.2. The van der Waals surface area contributed by atoms with Gasteiger partial charge in [-0.15, -0.1) is 0 Å². The lowest BCUT2D eigenvalue weighted by atomic mass is 9.89. The molecule has 0 atom stereocenters. The number of sulfonamides is 1. The minimum absolute atomic E-state index is 0.112. The summed E-state index contributed by atoms with van der Waals surface area (Å²) >= 11 is 0. The second-order valence-corrected chi connectivity index (χ2v) is 7.84. The third-order valence-electron chi connectivity index (χ3n) is 4.38. The van der Waals surface area contributed by atoms with Crippen LogP contribution in [0.15, 0.2) is 0 Å². The van der Waals surface area contributed by atoms with Crippen LogP contribution >= 0.6 is 0 Å². The molecule has 2 fully saturated rings. The molecule has 0 unspecified atom stereocenters. The van der Waals surface area contributed by atoms with Crippen molar-refractivity contribution >= 4 is 15.9 Å². The quantitative estimate of drug-likeness (QED) is 0.818. The Kier molecular flexibility index (Phi) is 4.84. The standard InChI is InChI=1S/C13H24N2O3S/c14-11-6-8-12(9-7-11)19(17,18)15-13(16)10-4-2-1-3-5-10/h10-12H,1-9,14H2,(H,15,16). The highest BCUT2D eigenvalue weighted by Gasteiger charge is 2.33. The topological polar surface area (TPSA) is 89.3 Å². The monoisotopic (exact) mass is 288 g/mol. The van der Waals surface area contributed by atoms with Crippen LogP contribution in [0.4, 0.5) is 0 Å². The summed E-state index contributed by atoms with van der Waals surface area (Å²) in [6.07, 6.45) is 7.41. The van der Waals surface area contributed by atoms with Gasteiger partial charge in [0.25, 0.3) is 0 Å². The molecule has 0 aromatic heterocycles. The highest BCUT2D eigenvalue weighted by Crippen LogP contribution is 2.26. The lowest BCUT2D eigenvalue weighted by molar-refractivity contribution is -0.124. The molecule has 3 N–H and O–H groups in total. The molecule has 1 amide bonds. The number of nitrogens with one attached hydrogen (secondary N) is 1. The fourth-order valence-electron chi connectivity index (χ4n) is 3.07. The van der Waals surface area contributed by atoms with E-state index in [0.29, 0.717) is 12.8 Å². The maximum Gasteiger partial charge on any atom is 0.237 e. The van der Waals surface area contributed by atoms with E-state index in [2.05, 4.69) is 4.72 Å². The van der Waals surface area contributed by atoms with E-state index in [1.165, 1.54) is 0 Å². The van der Waals surface area contributed by atoms with E-state index in [-0.39, 0.29) is 17.9 Å². The van der Waals surface area contributed by atoms with Gasteiger partial charge >= 0.3 is 0 Å². The first kappa shape index (κ1) is 14.8. The van der Waals surface area contributed by atoms with Crippen molar-refractivity contribution in [3.63, 3.8) is 0 Å². The summed E-state index contributed by atoms with van der Waals surface area (Å²) in [5.74, 6) is -0.413. The maximum absolute atomic E-state index is 12.2. The molecule has 0 radical (unpaired) electrons. The highest BCUT2D eigenvalue weighted by molar-refractivity contribution is 7.90. The number of amides is 1. The van der Waals surface area contributed by atoms with Gasteiger partial charge in [0.1, 0.15) is 0 Å². The molecular weight excluding hydrogens is 264 g/mol. The lowest BCUT2D eigenvalue weighted by Gasteiger charge is -2.27. The summed E-state index contributed by atoms with van der Waals surface area (Å²) in [6, 6.07) is 0.112. The van der Waals surface area contributed by atoms with Gasteiger partial charge in [-0.3, -0.25) is 9.52 Å². The fourth-order valence-corrected chi connectivity index (χ4v) is 4.58. The Balaban J connectivity index is 1.91. The number of rotatable bonds is 3. The fraction of sp³-hybridized carbons (Fsp3) is 0.923. The normalized spacial score (nSPS) is 29.9. The molecule has 0 spiro atoms. The Bertz CT molecular complexity index is 408. The smallest absolute Gasteiger partial charge is 0.237 e. The third-order valence-corrected chi connectivity index (χ3v) is 6.21. The summed E-state index contributed by atoms with van der Waals surface area (Å²) in [6.45, 7) is 0. The zero-order valence-electron chi connectivity index (χ0n) is 11.3. The number of nitrogens with two attached hydrogens (primary N) is 1. The summed E-state index contributed by atoms with van der Waals surface area (Å²) in [5, 5.41) is -0.445. The van der Waals surface area contributed by atoms with E-state index < -0.39 is 15.3 Å². The van der Waals surface area contributed by atoms with Crippen LogP contribution in [0.1, 0.15) is 57.8 Å². The van der Waals surface area contributed by atoms with Crippen molar-refractivity contribution < 1.29 is 13.2 Å². The van der Waals surface area contributed by atoms with Crippen molar-refractivity contribution in [2.45, 2.75) is 69.1 Å². The van der Waals surface area contributed by atoms with Crippen LogP contribution in [-0.2, 0) is 14.8 Å². The zero-order valence-corrected chi connectivity index (χ0v) is 12.1. The summed E-state index contributed by atoms with van der Waals surface area (Å²) in [4.78, 5) is 12.0. The first-order chi connectivity index (χ1) is 8.99. The number of hydrogen-bond donors (Lipinski definition) is 2. The van der Waals surface area contributed by atoms with Gasteiger partial charge in [-0.1, -0.05) is 19.3 Å². The molecule has 19 heavy (non-hydrogen) atoms. The van der Waals surface area contributed by atoms with Gasteiger partial charge in [0.05, 0.1) is 5.25 Å². The first-order valence-electron chi connectivity index (χ1n) is 7.30. The van der Waals surface area contributed by atoms with Crippen LogP contribution in [0, 0.1) is 5.92 Å². The summed E-state index contributed by atoms with van der Waals surface area (Å²) in [5.41, 5.74) is 5.78. The van der Waals surface area contributed by atoms with Crippen LogP contribution in [-0.4, -0.2) is 25.6 Å². The number of hydrogen-bond acceptors (Lipinski definition) is 4. The van der Waals surface area contributed by atoms with Crippen molar-refractivity contribution in [2.75, 3.05) is 0 Å². The van der Waals surface area contributed by atoms with Crippen LogP contribution in [0.2, 0.25) is 0 Å². The molecule has 2 rings (SSSR count). The third kappa shape index (κ3) is 3.92. The molecule has 6 heteroatoms. The van der Waals surface area contributed by atoms with Gasteiger partial charge < -0.3 is 5.73 Å². The Morgan fingerprint density at radius 1 is 0.947 bits per heavy atom. The molecular formula is C13H24N2O3S. The number of carbonyl (C=O) groups excluding carboxylic acids is 1. The van der Waals surface area contributed by atoms with Crippen molar-refractivity contribution in [3.05, 3.63) is 0 Å². The Labute approximate surface area is 115 Å². The van der Waals surface area contributed by atoms with E-state index in [1.54, 1.807) is 0 Å². The average molecular weight is 288 g/mol. The molecule has 0 heterocycles. The molecule has 0 bridgehead atoms. The zero-order chi connectivity index (χ0) is 13.9. The van der Waals surface area contributed by atoms with E-state index in [1.807, 2.05) is 0 Å². The van der Waals surface area contributed by atoms with Crippen molar-refractivity contribution in [1.82, 2.24) is 4.72 Å². The predicted molar refractivity (Wildman–Crippen MR) is 73.9 cm³/mol. The number of carbonyl (C=O) groups is 1. The van der Waals surface area contributed by atoms with E-state index >= 15 is 0 Å². The van der Waals surface area contributed by atoms with Crippen LogP contribution in [0.25, 0.3) is 0 Å². The van der Waals surface area contributed by atoms with Crippen molar-refractivity contribution in [3.8, 4) is 0 Å². The van der Waals surface area contributed by atoms with Crippen LogP contribution in [0.5, 0.6) is 0 Å². The Hall–Kier alpha value is -0.620. The molecule has 2 aliphatic rings. The second-order valence-electron chi connectivity index (χ2n) is 5.88. The van der Waals surface area contributed by atoms with Gasteiger partial charge in [-0.2, -0.15) is 0 Å². The molecule has 0 aromatic carbocycles. The second kappa shape index (κ2) is 6.22. The van der Waals surface area contributed by atoms with Gasteiger partial charge in [0, 0.05) is 12.0 Å². The summed E-state index contributed by atoms with van der Waals surface area (Å²) < 4.78 is 26.6. The first-order valence-corrected chi connectivity index (χ1v) is 8.85. The minimum Gasteiger partial charge on any atom is -0.328 e. The lowest BCUT2D eigenvalue weighted by Crippen LogP contribution is -2.44. The van der Waals surface area contributed by atoms with Crippen molar-refractivity contribution in [2.24, 2.45) is 11.7 Å². The summed E-state index contributed by atoms with van der Waals surface area (Å²) in [7, 11) is -3.51. The van der Waals surface area contributed by atoms with Gasteiger partial charge in [0.2, 0.25) is 15.9 Å². The Morgan fingerprint density at radius 3 is 2.11 bits per heavy atom. The Morgan fingerprint density at radius 2 is 1.53 bits per heavy atom. The molecule has 2 aliphatic carbocycles. The molecule has 5 nitrogen and oxygen atoms in total. The largest absolute Gasteiger partial charge is 0.328 e. The van der Waals surface area contributed by atoms with Crippen molar-refractivity contribution in [1.29, 1.82) is 0 Å². The molecule has 110 valence electrons. The van der Waals surface area contributed by atoms with E-state index in [4.69, 9.17) is 5.73 Å². The van der Waals surface area contributed by atoms with E-state index in [0.717, 1.165) is 44.9 Å². The molecule has 0 saturated heterocycles. The van der Waals surface area contributed by atoms with Gasteiger partial charge in [-0.25, -0.2) is 8.42 Å². The minimum atomic E-state index is -3.51. The van der Waals surface area contributed by atoms with Gasteiger partial charge in [-0.05, 0) is 38.5 Å². The van der Waals surface area contributed by atoms with Crippen LogP contribution < -0.4 is 10.5 Å².